The molecule has 0 radical (unpaired) electrons. The zero-order chi connectivity index (χ0) is 18.4. The fraction of sp³-hybridized carbons (Fsp3) is 0.190. The van der Waals surface area contributed by atoms with Crippen LogP contribution in [-0.2, 0) is 11.3 Å². The van der Waals surface area contributed by atoms with E-state index >= 15 is 0 Å². The van der Waals surface area contributed by atoms with E-state index in [9.17, 15) is 9.18 Å². The molecule has 1 N–H and O–H groups in total. The molecule has 0 aliphatic rings. The largest absolute Gasteiger partial charge is 0.497 e. The standard InChI is InChI=1S/C21H21FN2O2/c1-26-19-9-7-16(8-10-19)15-23-21(25)14-20(24-11-2-3-12-24)17-5-4-6-18(22)13-17/h2-13,20H,14-15H2,1H3,(H,23,25)/t20-/m1/s1. The van der Waals surface area contributed by atoms with Crippen LogP contribution < -0.4 is 10.1 Å². The van der Waals surface area contributed by atoms with Gasteiger partial charge in [-0.05, 0) is 47.5 Å². The number of amides is 1. The minimum Gasteiger partial charge on any atom is -0.497 e. The number of hydrogen-bond donors (Lipinski definition) is 1. The Kier molecular flexibility index (Phi) is 5.69. The van der Waals surface area contributed by atoms with Crippen LogP contribution in [0.4, 0.5) is 4.39 Å². The quantitative estimate of drug-likeness (QED) is 0.700. The Morgan fingerprint density at radius 1 is 1.12 bits per heavy atom. The SMILES string of the molecule is COc1ccc(CNC(=O)C[C@H](c2cccc(F)c2)n2cccc2)cc1. The van der Waals surface area contributed by atoms with Crippen molar-refractivity contribution >= 4 is 5.91 Å². The Morgan fingerprint density at radius 3 is 2.50 bits per heavy atom. The molecule has 3 aromatic rings. The molecular formula is C21H21FN2O2. The van der Waals surface area contributed by atoms with Crippen LogP contribution in [0, 0.1) is 5.82 Å². The Labute approximate surface area is 152 Å². The highest BCUT2D eigenvalue weighted by Crippen LogP contribution is 2.23. The molecule has 0 aliphatic heterocycles. The van der Waals surface area contributed by atoms with Gasteiger partial charge in [-0.15, -0.1) is 0 Å². The average molecular weight is 352 g/mol. The summed E-state index contributed by atoms with van der Waals surface area (Å²) in [4.78, 5) is 12.5. The maximum absolute atomic E-state index is 13.6. The first-order valence-corrected chi connectivity index (χ1v) is 8.43. The van der Waals surface area contributed by atoms with E-state index in [-0.39, 0.29) is 24.2 Å². The van der Waals surface area contributed by atoms with Crippen LogP contribution in [0.5, 0.6) is 5.75 Å². The van der Waals surface area contributed by atoms with Crippen molar-refractivity contribution in [1.29, 1.82) is 0 Å². The van der Waals surface area contributed by atoms with Crippen LogP contribution in [0.15, 0.2) is 73.1 Å². The first-order valence-electron chi connectivity index (χ1n) is 8.43. The van der Waals surface area contributed by atoms with Crippen LogP contribution in [0.2, 0.25) is 0 Å². The number of methoxy groups -OCH3 is 1. The smallest absolute Gasteiger partial charge is 0.222 e. The molecule has 3 rings (SSSR count). The monoisotopic (exact) mass is 352 g/mol. The van der Waals surface area contributed by atoms with Gasteiger partial charge in [0.2, 0.25) is 5.91 Å². The highest BCUT2D eigenvalue weighted by Gasteiger charge is 2.17. The van der Waals surface area contributed by atoms with Crippen molar-refractivity contribution in [2.75, 3.05) is 7.11 Å². The zero-order valence-electron chi connectivity index (χ0n) is 14.6. The van der Waals surface area contributed by atoms with E-state index in [4.69, 9.17) is 4.74 Å². The fourth-order valence-electron chi connectivity index (χ4n) is 2.86. The second kappa shape index (κ2) is 8.34. The van der Waals surface area contributed by atoms with Gasteiger partial charge in [0.05, 0.1) is 19.6 Å². The lowest BCUT2D eigenvalue weighted by Crippen LogP contribution is -2.26. The van der Waals surface area contributed by atoms with Crippen LogP contribution in [0.1, 0.15) is 23.6 Å². The van der Waals surface area contributed by atoms with Crippen molar-refractivity contribution in [2.45, 2.75) is 19.0 Å². The molecule has 0 saturated carbocycles. The molecule has 0 saturated heterocycles. The highest BCUT2D eigenvalue weighted by molar-refractivity contribution is 5.76. The fourth-order valence-corrected chi connectivity index (χ4v) is 2.86. The lowest BCUT2D eigenvalue weighted by molar-refractivity contribution is -0.121. The first-order chi connectivity index (χ1) is 12.7. The molecule has 2 aromatic carbocycles. The number of nitrogens with one attached hydrogen (secondary N) is 1. The number of rotatable bonds is 7. The van der Waals surface area contributed by atoms with Crippen molar-refractivity contribution in [3.8, 4) is 5.75 Å². The molecule has 1 atom stereocenters. The highest BCUT2D eigenvalue weighted by atomic mass is 19.1. The van der Waals surface area contributed by atoms with Crippen molar-refractivity contribution in [2.24, 2.45) is 0 Å². The van der Waals surface area contributed by atoms with E-state index < -0.39 is 0 Å². The number of aromatic nitrogens is 1. The molecular weight excluding hydrogens is 331 g/mol. The summed E-state index contributed by atoms with van der Waals surface area (Å²) in [7, 11) is 1.62. The number of carbonyl (C=O) groups is 1. The number of ether oxygens (including phenoxy) is 1. The summed E-state index contributed by atoms with van der Waals surface area (Å²) in [5, 5.41) is 2.93. The number of nitrogens with zero attached hydrogens (tertiary/aromatic N) is 1. The Morgan fingerprint density at radius 2 is 1.85 bits per heavy atom. The molecule has 0 aliphatic carbocycles. The van der Waals surface area contributed by atoms with Gasteiger partial charge >= 0.3 is 0 Å². The third-order valence-corrected chi connectivity index (χ3v) is 4.25. The molecule has 134 valence electrons. The van der Waals surface area contributed by atoms with Gasteiger partial charge in [-0.25, -0.2) is 4.39 Å². The van der Waals surface area contributed by atoms with E-state index in [1.165, 1.54) is 12.1 Å². The lowest BCUT2D eigenvalue weighted by atomic mass is 10.0. The van der Waals surface area contributed by atoms with Gasteiger partial charge in [-0.2, -0.15) is 0 Å². The first kappa shape index (κ1) is 17.7. The normalized spacial score (nSPS) is 11.8. The third-order valence-electron chi connectivity index (χ3n) is 4.25. The summed E-state index contributed by atoms with van der Waals surface area (Å²) in [6.07, 6.45) is 3.99. The average Bonchev–Trinajstić information content (AvgIpc) is 3.19. The molecule has 5 heteroatoms. The minimum atomic E-state index is -0.307. The van der Waals surface area contributed by atoms with E-state index in [0.717, 1.165) is 16.9 Å². The second-order valence-corrected chi connectivity index (χ2v) is 6.03. The third kappa shape index (κ3) is 4.51. The summed E-state index contributed by atoms with van der Waals surface area (Å²) in [6, 6.07) is 17.4. The van der Waals surface area contributed by atoms with Crippen LogP contribution >= 0.6 is 0 Å². The predicted octanol–water partition coefficient (Wildman–Crippen LogP) is 3.93. The van der Waals surface area contributed by atoms with Gasteiger partial charge in [0, 0.05) is 18.9 Å². The summed E-state index contributed by atoms with van der Waals surface area (Å²) in [5.41, 5.74) is 1.75. The minimum absolute atomic E-state index is 0.0937. The van der Waals surface area contributed by atoms with Gasteiger partial charge in [-0.3, -0.25) is 4.79 Å². The molecule has 0 fully saturated rings. The van der Waals surface area contributed by atoms with E-state index in [2.05, 4.69) is 5.32 Å². The van der Waals surface area contributed by atoms with Crippen molar-refractivity contribution < 1.29 is 13.9 Å². The van der Waals surface area contributed by atoms with E-state index in [1.807, 2.05) is 59.4 Å². The number of hydrogen-bond acceptors (Lipinski definition) is 2. The van der Waals surface area contributed by atoms with Crippen LogP contribution in [0.25, 0.3) is 0 Å². The van der Waals surface area contributed by atoms with Crippen LogP contribution in [0.3, 0.4) is 0 Å². The maximum Gasteiger partial charge on any atom is 0.222 e. The zero-order valence-corrected chi connectivity index (χ0v) is 14.6. The summed E-state index contributed by atoms with van der Waals surface area (Å²) >= 11 is 0. The van der Waals surface area contributed by atoms with Gasteiger partial charge in [-0.1, -0.05) is 24.3 Å². The Bertz CT molecular complexity index is 845. The second-order valence-electron chi connectivity index (χ2n) is 6.03. The summed E-state index contributed by atoms with van der Waals surface area (Å²) in [6.45, 7) is 0.435. The number of benzene rings is 2. The molecule has 0 spiro atoms. The van der Waals surface area contributed by atoms with Gasteiger partial charge in [0.25, 0.3) is 0 Å². The molecule has 1 heterocycles. The lowest BCUT2D eigenvalue weighted by Gasteiger charge is -2.19. The molecule has 1 amide bonds. The number of halogens is 1. The van der Waals surface area contributed by atoms with Gasteiger partial charge in [0.15, 0.2) is 0 Å². The predicted molar refractivity (Wildman–Crippen MR) is 98.4 cm³/mol. The van der Waals surface area contributed by atoms with Gasteiger partial charge < -0.3 is 14.6 Å². The Hall–Kier alpha value is -3.08. The van der Waals surface area contributed by atoms with Crippen molar-refractivity contribution in [3.05, 3.63) is 90.0 Å². The van der Waals surface area contributed by atoms with Crippen LogP contribution in [-0.4, -0.2) is 17.6 Å². The Balaban J connectivity index is 1.67. The van der Waals surface area contributed by atoms with Crippen molar-refractivity contribution in [3.63, 3.8) is 0 Å². The van der Waals surface area contributed by atoms with Crippen molar-refractivity contribution in [1.82, 2.24) is 9.88 Å². The van der Waals surface area contributed by atoms with E-state index in [0.29, 0.717) is 6.54 Å². The summed E-state index contributed by atoms with van der Waals surface area (Å²) in [5.74, 6) is 0.376. The molecule has 1 aromatic heterocycles. The summed E-state index contributed by atoms with van der Waals surface area (Å²) < 4.78 is 20.7. The molecule has 26 heavy (non-hydrogen) atoms. The molecule has 0 bridgehead atoms. The van der Waals surface area contributed by atoms with E-state index in [1.54, 1.807) is 13.2 Å². The molecule has 4 nitrogen and oxygen atoms in total. The maximum atomic E-state index is 13.6. The topological polar surface area (TPSA) is 43.3 Å². The van der Waals surface area contributed by atoms with Gasteiger partial charge in [0.1, 0.15) is 11.6 Å². The molecule has 0 unspecified atom stereocenters. The number of carbonyl (C=O) groups excluding carboxylic acids is 1.